The van der Waals surface area contributed by atoms with Gasteiger partial charge in [-0.05, 0) is 43.7 Å². The first-order chi connectivity index (χ1) is 16.6. The van der Waals surface area contributed by atoms with E-state index in [1.54, 1.807) is 32.0 Å². The monoisotopic (exact) mass is 517 g/mol. The average Bonchev–Trinajstić information content (AvgIpc) is 3.13. The van der Waals surface area contributed by atoms with Crippen LogP contribution in [0.4, 0.5) is 4.79 Å². The molecule has 0 atom stereocenters. The Morgan fingerprint density at radius 3 is 2.43 bits per heavy atom. The van der Waals surface area contributed by atoms with Crippen LogP contribution in [0.1, 0.15) is 45.0 Å². The van der Waals surface area contributed by atoms with Crippen molar-refractivity contribution in [2.24, 2.45) is 5.14 Å². The number of ether oxygens (including phenoxy) is 2. The number of carbonyl (C=O) groups excluding carboxylic acids is 1. The molecule has 3 rings (SSSR count). The minimum absolute atomic E-state index is 0.0770. The number of sulfonamides is 1. The number of hydrogen-bond donors (Lipinski definition) is 1. The zero-order valence-electron chi connectivity index (χ0n) is 20.4. The van der Waals surface area contributed by atoms with Gasteiger partial charge in [0.15, 0.2) is 5.03 Å². The zero-order valence-corrected chi connectivity index (χ0v) is 22.0. The van der Waals surface area contributed by atoms with Crippen molar-refractivity contribution in [3.05, 3.63) is 59.9 Å². The molecular formula is C25H31N3O5S2. The summed E-state index contributed by atoms with van der Waals surface area (Å²) >= 11 is 1.41. The predicted octanol–water partition coefficient (Wildman–Crippen LogP) is 5.23. The average molecular weight is 518 g/mol. The Morgan fingerprint density at radius 2 is 1.83 bits per heavy atom. The molecule has 3 aromatic rings. The van der Waals surface area contributed by atoms with Crippen molar-refractivity contribution in [1.82, 2.24) is 9.55 Å². The summed E-state index contributed by atoms with van der Waals surface area (Å²) in [4.78, 5) is 17.1. The molecule has 8 nitrogen and oxygen atoms in total. The van der Waals surface area contributed by atoms with Gasteiger partial charge in [0.1, 0.15) is 5.82 Å². The highest BCUT2D eigenvalue weighted by Crippen LogP contribution is 2.32. The number of aromatic nitrogens is 2. The maximum atomic E-state index is 12.3. The molecule has 1 aromatic heterocycles. The summed E-state index contributed by atoms with van der Waals surface area (Å²) in [5.41, 5.74) is 2.21. The van der Waals surface area contributed by atoms with Crippen molar-refractivity contribution in [2.45, 2.75) is 62.6 Å². The Balaban J connectivity index is 1.95. The summed E-state index contributed by atoms with van der Waals surface area (Å²) in [5, 5.41) is 6.01. The third kappa shape index (κ3) is 6.87. The third-order valence-electron chi connectivity index (χ3n) is 5.23. The first-order valence-corrected chi connectivity index (χ1v) is 14.1. The van der Waals surface area contributed by atoms with Gasteiger partial charge < -0.3 is 9.47 Å². The van der Waals surface area contributed by atoms with Crippen LogP contribution in [-0.4, -0.2) is 36.5 Å². The molecule has 2 N–H and O–H groups in total. The minimum Gasteiger partial charge on any atom is -0.431 e. The number of nitrogens with two attached hydrogens (primary N) is 1. The molecule has 0 aliphatic carbocycles. The lowest BCUT2D eigenvalue weighted by Gasteiger charge is -2.14. The molecular weight excluding hydrogens is 486 g/mol. The molecule has 0 radical (unpaired) electrons. The summed E-state index contributed by atoms with van der Waals surface area (Å²) in [6.45, 7) is 6.05. The smallest absolute Gasteiger partial charge is 0.431 e. The van der Waals surface area contributed by atoms with E-state index >= 15 is 0 Å². The van der Waals surface area contributed by atoms with Crippen LogP contribution >= 0.6 is 11.8 Å². The van der Waals surface area contributed by atoms with E-state index in [1.165, 1.54) is 17.8 Å². The molecule has 1 heterocycles. The molecule has 35 heavy (non-hydrogen) atoms. The number of unbranched alkanes of at least 4 members (excludes halogenated alkanes) is 1. The van der Waals surface area contributed by atoms with E-state index in [0.717, 1.165) is 36.2 Å². The Bertz CT molecular complexity index is 1270. The van der Waals surface area contributed by atoms with Crippen LogP contribution in [0.5, 0.6) is 5.88 Å². The van der Waals surface area contributed by atoms with E-state index < -0.39 is 16.2 Å². The molecule has 0 unspecified atom stereocenters. The van der Waals surface area contributed by atoms with Gasteiger partial charge in [0.25, 0.3) is 0 Å². The van der Waals surface area contributed by atoms with Gasteiger partial charge in [-0.1, -0.05) is 55.8 Å². The summed E-state index contributed by atoms with van der Waals surface area (Å²) in [6.07, 6.45) is 3.51. The maximum absolute atomic E-state index is 12.3. The van der Waals surface area contributed by atoms with Crippen LogP contribution in [0.2, 0.25) is 0 Å². The van der Waals surface area contributed by atoms with Crippen LogP contribution in [-0.2, 0) is 27.7 Å². The van der Waals surface area contributed by atoms with Gasteiger partial charge in [-0.25, -0.2) is 23.3 Å². The number of carbonyl (C=O) groups is 1. The number of hydrogen-bond acceptors (Lipinski definition) is 7. The topological polar surface area (TPSA) is 114 Å². The van der Waals surface area contributed by atoms with Crippen molar-refractivity contribution < 1.29 is 22.7 Å². The summed E-state index contributed by atoms with van der Waals surface area (Å²) < 4.78 is 36.7. The second-order valence-electron chi connectivity index (χ2n) is 8.29. The van der Waals surface area contributed by atoms with Gasteiger partial charge >= 0.3 is 6.16 Å². The summed E-state index contributed by atoms with van der Waals surface area (Å²) in [5.74, 6) is 1.19. The molecule has 0 bridgehead atoms. The fourth-order valence-electron chi connectivity index (χ4n) is 3.60. The Hall–Kier alpha value is -2.82. The fourth-order valence-corrected chi connectivity index (χ4v) is 4.88. The van der Waals surface area contributed by atoms with Crippen molar-refractivity contribution in [3.63, 3.8) is 0 Å². The van der Waals surface area contributed by atoms with Crippen molar-refractivity contribution in [2.75, 3.05) is 6.26 Å². The van der Waals surface area contributed by atoms with Gasteiger partial charge in [-0.3, -0.25) is 4.57 Å². The molecule has 0 aliphatic heterocycles. The second kappa shape index (κ2) is 11.7. The van der Waals surface area contributed by atoms with E-state index in [4.69, 9.17) is 19.6 Å². The number of aryl methyl sites for hydroxylation is 1. The number of rotatable bonds is 10. The van der Waals surface area contributed by atoms with E-state index in [0.29, 0.717) is 23.0 Å². The Kier molecular flexibility index (Phi) is 8.98. The number of imidazole rings is 1. The minimum atomic E-state index is -3.86. The SMILES string of the molecule is CCCCc1nc(SC)c(OC(=O)OC(C)C)n1Cc1ccc(-c2ccccc2S(N)(=O)=O)cc1. The Labute approximate surface area is 210 Å². The van der Waals surface area contributed by atoms with Crippen molar-refractivity contribution >= 4 is 27.9 Å². The van der Waals surface area contributed by atoms with Crippen LogP contribution in [0.3, 0.4) is 0 Å². The first kappa shape index (κ1) is 26.8. The van der Waals surface area contributed by atoms with Crippen molar-refractivity contribution in [3.8, 4) is 17.0 Å². The molecule has 2 aromatic carbocycles. The van der Waals surface area contributed by atoms with Crippen LogP contribution in [0.25, 0.3) is 11.1 Å². The quantitative estimate of drug-likeness (QED) is 0.289. The zero-order chi connectivity index (χ0) is 25.6. The van der Waals surface area contributed by atoms with Gasteiger partial charge in [-0.2, -0.15) is 0 Å². The van der Waals surface area contributed by atoms with Gasteiger partial charge in [0.05, 0.1) is 17.5 Å². The van der Waals surface area contributed by atoms with E-state index in [2.05, 4.69) is 6.92 Å². The molecule has 0 saturated carbocycles. The fraction of sp³-hybridized carbons (Fsp3) is 0.360. The highest BCUT2D eigenvalue weighted by molar-refractivity contribution is 7.98. The molecule has 0 aliphatic rings. The lowest BCUT2D eigenvalue weighted by atomic mass is 10.0. The highest BCUT2D eigenvalue weighted by atomic mass is 32.2. The molecule has 0 amide bonds. The number of nitrogens with zero attached hydrogens (tertiary/aromatic N) is 2. The third-order valence-corrected chi connectivity index (χ3v) is 6.85. The normalized spacial score (nSPS) is 11.6. The lowest BCUT2D eigenvalue weighted by Crippen LogP contribution is -2.18. The second-order valence-corrected chi connectivity index (χ2v) is 10.6. The number of primary sulfonamides is 1. The molecule has 10 heteroatoms. The number of benzene rings is 2. The van der Waals surface area contributed by atoms with Crippen LogP contribution in [0, 0.1) is 0 Å². The van der Waals surface area contributed by atoms with Gasteiger partial charge in [0, 0.05) is 12.0 Å². The van der Waals surface area contributed by atoms with Gasteiger partial charge in [0.2, 0.25) is 15.9 Å². The molecule has 0 fully saturated rings. The van der Waals surface area contributed by atoms with Crippen LogP contribution < -0.4 is 9.88 Å². The first-order valence-electron chi connectivity index (χ1n) is 11.4. The lowest BCUT2D eigenvalue weighted by molar-refractivity contribution is 0.0694. The van der Waals surface area contributed by atoms with E-state index in [-0.39, 0.29) is 11.0 Å². The van der Waals surface area contributed by atoms with Crippen molar-refractivity contribution in [1.29, 1.82) is 0 Å². The van der Waals surface area contributed by atoms with Crippen LogP contribution in [0.15, 0.2) is 58.5 Å². The standard InChI is InChI=1S/C25H31N3O5S2/c1-5-6-11-22-27-23(34-4)24(33-25(29)32-17(2)3)28(22)16-18-12-14-19(15-13-18)20-9-7-8-10-21(20)35(26,30)31/h7-10,12-15,17H,5-6,11,16H2,1-4H3,(H2,26,30,31). The number of thioether (sulfide) groups is 1. The predicted molar refractivity (Wildman–Crippen MR) is 137 cm³/mol. The highest BCUT2D eigenvalue weighted by Gasteiger charge is 2.22. The van der Waals surface area contributed by atoms with Gasteiger partial charge in [-0.15, -0.1) is 11.8 Å². The van der Waals surface area contributed by atoms with E-state index in [1.807, 2.05) is 35.1 Å². The maximum Gasteiger partial charge on any atom is 0.515 e. The molecule has 0 saturated heterocycles. The molecule has 0 spiro atoms. The van der Waals surface area contributed by atoms with E-state index in [9.17, 15) is 13.2 Å². The largest absolute Gasteiger partial charge is 0.515 e. The summed E-state index contributed by atoms with van der Waals surface area (Å²) in [6, 6.07) is 14.2. The summed E-state index contributed by atoms with van der Waals surface area (Å²) in [7, 11) is -3.86. The molecule has 188 valence electrons. The Morgan fingerprint density at radius 1 is 1.14 bits per heavy atom.